The number of rotatable bonds is 1. The third-order valence-corrected chi connectivity index (χ3v) is 2.08. The average Bonchev–Trinajstić information content (AvgIpc) is 2.12. The fourth-order valence-electron chi connectivity index (χ4n) is 1.44. The summed E-state index contributed by atoms with van der Waals surface area (Å²) < 4.78 is 0. The summed E-state index contributed by atoms with van der Waals surface area (Å²) in [5.74, 6) is 0.620. The van der Waals surface area contributed by atoms with Gasteiger partial charge in [-0.05, 0) is 25.7 Å². The summed E-state index contributed by atoms with van der Waals surface area (Å²) in [6, 6.07) is 0. The smallest absolute Gasteiger partial charge is 0.0540 e. The maximum Gasteiger partial charge on any atom is 0.0540 e. The Kier molecular flexibility index (Phi) is 4.55. The molecule has 0 radical (unpaired) electrons. The Bertz CT molecular complexity index is 67.3. The molecule has 1 nitrogen and oxygen atoms in total. The van der Waals surface area contributed by atoms with E-state index in [2.05, 4.69) is 0 Å². The summed E-state index contributed by atoms with van der Waals surface area (Å²) in [7, 11) is 0. The van der Waals surface area contributed by atoms with Gasteiger partial charge < -0.3 is 5.11 Å². The zero-order valence-electron chi connectivity index (χ0n) is 5.78. The van der Waals surface area contributed by atoms with Crippen LogP contribution in [0.3, 0.4) is 0 Å². The molecule has 1 unspecified atom stereocenters. The standard InChI is InChI=1S/C7H14O.Fe/c1-6(8)7-4-2-3-5-7;/h6-8H,2-5H2,1H3;. The molecule has 0 aromatic rings. The van der Waals surface area contributed by atoms with Crippen LogP contribution >= 0.6 is 0 Å². The maximum absolute atomic E-state index is 9.05. The zero-order chi connectivity index (χ0) is 5.98. The van der Waals surface area contributed by atoms with Gasteiger partial charge in [-0.1, -0.05) is 12.8 Å². The second kappa shape index (κ2) is 4.32. The summed E-state index contributed by atoms with van der Waals surface area (Å²) in [5.41, 5.74) is 0. The Labute approximate surface area is 67.3 Å². The molecule has 0 aromatic heterocycles. The fourth-order valence-corrected chi connectivity index (χ4v) is 1.44. The van der Waals surface area contributed by atoms with Crippen LogP contribution in [0.15, 0.2) is 0 Å². The molecule has 0 spiro atoms. The maximum atomic E-state index is 9.05. The predicted octanol–water partition coefficient (Wildman–Crippen LogP) is 1.55. The van der Waals surface area contributed by atoms with E-state index in [0.29, 0.717) is 5.92 Å². The van der Waals surface area contributed by atoms with Crippen LogP contribution in [0.2, 0.25) is 0 Å². The van der Waals surface area contributed by atoms with Gasteiger partial charge in [-0.15, -0.1) is 0 Å². The van der Waals surface area contributed by atoms with Gasteiger partial charge in [-0.2, -0.15) is 0 Å². The van der Waals surface area contributed by atoms with Crippen LogP contribution in [0.4, 0.5) is 0 Å². The van der Waals surface area contributed by atoms with E-state index < -0.39 is 0 Å². The normalized spacial score (nSPS) is 23.3. The van der Waals surface area contributed by atoms with Crippen molar-refractivity contribution in [3.8, 4) is 0 Å². The van der Waals surface area contributed by atoms with Gasteiger partial charge in [0.1, 0.15) is 0 Å². The molecule has 9 heavy (non-hydrogen) atoms. The van der Waals surface area contributed by atoms with Crippen molar-refractivity contribution >= 4 is 0 Å². The minimum Gasteiger partial charge on any atom is -0.393 e. The molecule has 0 bridgehead atoms. The molecule has 0 amide bonds. The molecule has 1 aliphatic rings. The van der Waals surface area contributed by atoms with Crippen molar-refractivity contribution in [3.63, 3.8) is 0 Å². The van der Waals surface area contributed by atoms with Gasteiger partial charge in [-0.25, -0.2) is 0 Å². The Hall–Kier alpha value is 0.479. The summed E-state index contributed by atoms with van der Waals surface area (Å²) in [4.78, 5) is 0. The molecular formula is C7H14FeO. The fraction of sp³-hybridized carbons (Fsp3) is 1.00. The number of hydrogen-bond acceptors (Lipinski definition) is 1. The second-order valence-electron chi connectivity index (χ2n) is 2.79. The molecule has 1 rings (SSSR count). The summed E-state index contributed by atoms with van der Waals surface area (Å²) in [6.07, 6.45) is 5.10. The van der Waals surface area contributed by atoms with Crippen LogP contribution in [-0.4, -0.2) is 11.2 Å². The van der Waals surface area contributed by atoms with E-state index >= 15 is 0 Å². The van der Waals surface area contributed by atoms with E-state index in [9.17, 15) is 0 Å². The molecule has 0 aromatic carbocycles. The predicted molar refractivity (Wildman–Crippen MR) is 33.6 cm³/mol. The van der Waals surface area contributed by atoms with E-state index in [0.717, 1.165) is 0 Å². The minimum atomic E-state index is -0.0579. The van der Waals surface area contributed by atoms with Crippen molar-refractivity contribution in [1.82, 2.24) is 0 Å². The Balaban J connectivity index is 0.000000640. The summed E-state index contributed by atoms with van der Waals surface area (Å²) in [6.45, 7) is 1.90. The van der Waals surface area contributed by atoms with Crippen LogP contribution in [0.1, 0.15) is 32.6 Å². The van der Waals surface area contributed by atoms with Crippen molar-refractivity contribution < 1.29 is 22.2 Å². The van der Waals surface area contributed by atoms with E-state index in [1.54, 1.807) is 0 Å². The molecule has 1 aliphatic carbocycles. The third kappa shape index (κ3) is 2.70. The third-order valence-electron chi connectivity index (χ3n) is 2.08. The molecule has 0 aliphatic heterocycles. The van der Waals surface area contributed by atoms with Gasteiger partial charge in [0, 0.05) is 17.1 Å². The van der Waals surface area contributed by atoms with E-state index in [-0.39, 0.29) is 23.2 Å². The quantitative estimate of drug-likeness (QED) is 0.592. The summed E-state index contributed by atoms with van der Waals surface area (Å²) in [5, 5.41) is 9.05. The monoisotopic (exact) mass is 170 g/mol. The second-order valence-corrected chi connectivity index (χ2v) is 2.79. The van der Waals surface area contributed by atoms with E-state index in [4.69, 9.17) is 5.11 Å². The van der Waals surface area contributed by atoms with Crippen LogP contribution in [0.25, 0.3) is 0 Å². The average molecular weight is 170 g/mol. The van der Waals surface area contributed by atoms with Crippen molar-refractivity contribution in [2.45, 2.75) is 38.7 Å². The minimum absolute atomic E-state index is 0. The first kappa shape index (κ1) is 9.48. The summed E-state index contributed by atoms with van der Waals surface area (Å²) >= 11 is 0. The molecule has 2 heteroatoms. The molecule has 1 saturated carbocycles. The first-order valence-electron chi connectivity index (χ1n) is 3.49. The van der Waals surface area contributed by atoms with Crippen molar-refractivity contribution in [1.29, 1.82) is 0 Å². The molecule has 1 N–H and O–H groups in total. The van der Waals surface area contributed by atoms with Gasteiger partial charge in [0.15, 0.2) is 0 Å². The number of hydrogen-bond donors (Lipinski definition) is 1. The van der Waals surface area contributed by atoms with Gasteiger partial charge in [0.2, 0.25) is 0 Å². The number of aliphatic hydroxyl groups is 1. The Morgan fingerprint density at radius 1 is 1.33 bits per heavy atom. The van der Waals surface area contributed by atoms with Crippen molar-refractivity contribution in [3.05, 3.63) is 0 Å². The molecule has 0 heterocycles. The van der Waals surface area contributed by atoms with Gasteiger partial charge in [0.05, 0.1) is 6.10 Å². The largest absolute Gasteiger partial charge is 0.393 e. The van der Waals surface area contributed by atoms with Crippen LogP contribution < -0.4 is 0 Å². The van der Waals surface area contributed by atoms with Gasteiger partial charge in [0.25, 0.3) is 0 Å². The molecule has 1 fully saturated rings. The molecule has 56 valence electrons. The van der Waals surface area contributed by atoms with Gasteiger partial charge >= 0.3 is 0 Å². The first-order valence-corrected chi connectivity index (χ1v) is 3.49. The van der Waals surface area contributed by atoms with Gasteiger partial charge in [-0.3, -0.25) is 0 Å². The van der Waals surface area contributed by atoms with Crippen LogP contribution in [0, 0.1) is 5.92 Å². The van der Waals surface area contributed by atoms with Crippen LogP contribution in [0.5, 0.6) is 0 Å². The van der Waals surface area contributed by atoms with E-state index in [1.807, 2.05) is 6.92 Å². The zero-order valence-corrected chi connectivity index (χ0v) is 6.89. The first-order chi connectivity index (χ1) is 3.80. The topological polar surface area (TPSA) is 20.2 Å². The molecule has 0 saturated heterocycles. The Morgan fingerprint density at radius 3 is 2.00 bits per heavy atom. The molecule has 1 atom stereocenters. The van der Waals surface area contributed by atoms with Crippen molar-refractivity contribution in [2.75, 3.05) is 0 Å². The Morgan fingerprint density at radius 2 is 1.78 bits per heavy atom. The SMILES string of the molecule is CC(O)C1CCCC1.[Fe]. The van der Waals surface area contributed by atoms with Crippen LogP contribution in [-0.2, 0) is 17.1 Å². The van der Waals surface area contributed by atoms with E-state index in [1.165, 1.54) is 25.7 Å². The van der Waals surface area contributed by atoms with Crippen molar-refractivity contribution in [2.24, 2.45) is 5.92 Å². The number of aliphatic hydroxyl groups excluding tert-OH is 1. The molecular weight excluding hydrogens is 156 g/mol.